The second-order valence-electron chi connectivity index (χ2n) is 7.54. The molecule has 0 atom stereocenters. The summed E-state index contributed by atoms with van der Waals surface area (Å²) in [6, 6.07) is 7.03. The Morgan fingerprint density at radius 3 is 2.67 bits per heavy atom. The number of carbonyl (C=O) groups excluding carboxylic acids is 2. The van der Waals surface area contributed by atoms with E-state index in [1.54, 1.807) is 18.2 Å². The highest BCUT2D eigenvalue weighted by Crippen LogP contribution is 2.41. The van der Waals surface area contributed by atoms with Gasteiger partial charge in [0, 0.05) is 33.5 Å². The van der Waals surface area contributed by atoms with Gasteiger partial charge in [0.25, 0.3) is 5.91 Å². The fourth-order valence-electron chi connectivity index (χ4n) is 3.46. The molecule has 1 saturated carbocycles. The highest BCUT2D eigenvalue weighted by Gasteiger charge is 2.37. The van der Waals surface area contributed by atoms with Crippen molar-refractivity contribution in [2.24, 2.45) is 0 Å². The van der Waals surface area contributed by atoms with Gasteiger partial charge >= 0.3 is 12.1 Å². The number of nitrogens with zero attached hydrogens (tertiary/aromatic N) is 3. The highest BCUT2D eigenvalue weighted by molar-refractivity contribution is 7.21. The Balaban J connectivity index is 1.48. The lowest BCUT2D eigenvalue weighted by Crippen LogP contribution is -2.16. The standard InChI is InChI=1S/C21H14ClF3N4O3S/c1-32-20(31)18-17(22)11-5-4-10(6-14(11)33-18)26-19(30)13-8-16-27-12(9-2-3-9)7-15(21(23,24)25)29(16)28-13/h4-9H,2-3H2,1H3,(H,26,30). The van der Waals surface area contributed by atoms with Crippen LogP contribution in [-0.4, -0.2) is 33.6 Å². The maximum atomic E-state index is 13.6. The number of fused-ring (bicyclic) bond motifs is 2. The Morgan fingerprint density at radius 1 is 1.24 bits per heavy atom. The number of esters is 1. The molecular weight excluding hydrogens is 481 g/mol. The average Bonchev–Trinajstić information content (AvgIpc) is 3.45. The van der Waals surface area contributed by atoms with Crippen LogP contribution in [-0.2, 0) is 10.9 Å². The van der Waals surface area contributed by atoms with Crippen molar-refractivity contribution in [3.05, 3.63) is 57.3 Å². The average molecular weight is 495 g/mol. The molecule has 1 aromatic carbocycles. The van der Waals surface area contributed by atoms with Crippen molar-refractivity contribution in [1.29, 1.82) is 0 Å². The summed E-state index contributed by atoms with van der Waals surface area (Å²) in [6.45, 7) is 0. The van der Waals surface area contributed by atoms with Crippen molar-refractivity contribution >= 4 is 56.2 Å². The zero-order valence-corrected chi connectivity index (χ0v) is 18.4. The molecule has 5 rings (SSSR count). The normalized spacial score (nSPS) is 14.1. The summed E-state index contributed by atoms with van der Waals surface area (Å²) in [4.78, 5) is 29.1. The number of thiophene rings is 1. The number of ether oxygens (including phenoxy) is 1. The molecule has 0 spiro atoms. The molecule has 1 amide bonds. The smallest absolute Gasteiger partial charge is 0.433 e. The van der Waals surface area contributed by atoms with Crippen molar-refractivity contribution in [1.82, 2.24) is 14.6 Å². The minimum atomic E-state index is -4.65. The molecular formula is C21H14ClF3N4O3S. The number of methoxy groups -OCH3 is 1. The van der Waals surface area contributed by atoms with Crippen LogP contribution < -0.4 is 5.32 Å². The Labute approximate surface area is 193 Å². The van der Waals surface area contributed by atoms with E-state index in [4.69, 9.17) is 16.3 Å². The summed E-state index contributed by atoms with van der Waals surface area (Å²) in [6.07, 6.45) is -3.07. The first-order chi connectivity index (χ1) is 15.7. The van der Waals surface area contributed by atoms with E-state index in [1.807, 2.05) is 0 Å². The lowest BCUT2D eigenvalue weighted by atomic mass is 10.2. The van der Waals surface area contributed by atoms with Gasteiger partial charge in [-0.2, -0.15) is 18.3 Å². The van der Waals surface area contributed by atoms with E-state index in [2.05, 4.69) is 15.4 Å². The van der Waals surface area contributed by atoms with Crippen LogP contribution in [0.5, 0.6) is 0 Å². The van der Waals surface area contributed by atoms with Crippen molar-refractivity contribution < 1.29 is 27.5 Å². The van der Waals surface area contributed by atoms with E-state index >= 15 is 0 Å². The predicted molar refractivity (Wildman–Crippen MR) is 116 cm³/mol. The van der Waals surface area contributed by atoms with Gasteiger partial charge in [0.15, 0.2) is 11.3 Å². The van der Waals surface area contributed by atoms with Crippen LogP contribution >= 0.6 is 22.9 Å². The molecule has 7 nitrogen and oxygen atoms in total. The van der Waals surface area contributed by atoms with Gasteiger partial charge in [-0.3, -0.25) is 4.79 Å². The fraction of sp³-hybridized carbons (Fsp3) is 0.238. The summed E-state index contributed by atoms with van der Waals surface area (Å²) >= 11 is 7.33. The number of nitrogens with one attached hydrogen (secondary N) is 1. The summed E-state index contributed by atoms with van der Waals surface area (Å²) in [5, 5.41) is 7.33. The number of rotatable bonds is 4. The maximum absolute atomic E-state index is 13.6. The highest BCUT2D eigenvalue weighted by atomic mass is 35.5. The number of carbonyl (C=O) groups is 2. The molecule has 3 aromatic heterocycles. The van der Waals surface area contributed by atoms with E-state index in [0.29, 0.717) is 26.0 Å². The number of anilines is 1. The van der Waals surface area contributed by atoms with Crippen LogP contribution in [0.4, 0.5) is 18.9 Å². The van der Waals surface area contributed by atoms with Gasteiger partial charge < -0.3 is 10.1 Å². The largest absolute Gasteiger partial charge is 0.465 e. The fourth-order valence-corrected chi connectivity index (χ4v) is 4.92. The number of alkyl halides is 3. The molecule has 1 aliphatic carbocycles. The quantitative estimate of drug-likeness (QED) is 0.377. The summed E-state index contributed by atoms with van der Waals surface area (Å²) in [5.41, 5.74) is -0.510. The molecule has 1 N–H and O–H groups in total. The Kier molecular flexibility index (Phi) is 5.05. The first-order valence-corrected chi connectivity index (χ1v) is 10.9. The molecule has 3 heterocycles. The minimum Gasteiger partial charge on any atom is -0.465 e. The third-order valence-electron chi connectivity index (χ3n) is 5.22. The number of hydrogen-bond donors (Lipinski definition) is 1. The molecule has 0 saturated heterocycles. The molecule has 1 fully saturated rings. The van der Waals surface area contributed by atoms with Gasteiger partial charge in [-0.25, -0.2) is 14.3 Å². The van der Waals surface area contributed by atoms with E-state index in [1.165, 1.54) is 13.2 Å². The van der Waals surface area contributed by atoms with E-state index in [9.17, 15) is 22.8 Å². The van der Waals surface area contributed by atoms with Gasteiger partial charge in [-0.15, -0.1) is 11.3 Å². The summed E-state index contributed by atoms with van der Waals surface area (Å²) in [7, 11) is 1.25. The lowest BCUT2D eigenvalue weighted by molar-refractivity contribution is -0.142. The number of halogens is 4. The number of aromatic nitrogens is 3. The third kappa shape index (κ3) is 3.91. The molecule has 170 valence electrons. The zero-order chi connectivity index (χ0) is 23.5. The van der Waals surface area contributed by atoms with Gasteiger partial charge in [0.2, 0.25) is 0 Å². The number of hydrogen-bond acceptors (Lipinski definition) is 6. The van der Waals surface area contributed by atoms with E-state index < -0.39 is 23.7 Å². The van der Waals surface area contributed by atoms with Gasteiger partial charge in [0.1, 0.15) is 10.6 Å². The maximum Gasteiger partial charge on any atom is 0.433 e. The molecule has 33 heavy (non-hydrogen) atoms. The molecule has 4 aromatic rings. The first-order valence-electron chi connectivity index (χ1n) is 9.75. The van der Waals surface area contributed by atoms with Crippen molar-refractivity contribution in [2.75, 3.05) is 12.4 Å². The van der Waals surface area contributed by atoms with Crippen LogP contribution in [0.2, 0.25) is 5.02 Å². The lowest BCUT2D eigenvalue weighted by Gasteiger charge is -2.10. The van der Waals surface area contributed by atoms with E-state index in [0.717, 1.165) is 30.2 Å². The number of amides is 1. The minimum absolute atomic E-state index is 0.00232. The molecule has 0 bridgehead atoms. The van der Waals surface area contributed by atoms with Crippen LogP contribution in [0, 0.1) is 0 Å². The van der Waals surface area contributed by atoms with Crippen molar-refractivity contribution in [3.63, 3.8) is 0 Å². The molecule has 0 radical (unpaired) electrons. The molecule has 0 aliphatic heterocycles. The monoisotopic (exact) mass is 494 g/mol. The first kappa shape index (κ1) is 21.7. The summed E-state index contributed by atoms with van der Waals surface area (Å²) in [5.74, 6) is -1.27. The van der Waals surface area contributed by atoms with Crippen molar-refractivity contribution in [3.8, 4) is 0 Å². The Hall–Kier alpha value is -3.18. The van der Waals surface area contributed by atoms with Crippen LogP contribution in [0.15, 0.2) is 30.3 Å². The third-order valence-corrected chi connectivity index (χ3v) is 6.86. The number of benzene rings is 1. The SMILES string of the molecule is COC(=O)c1sc2cc(NC(=O)c3cc4nc(C5CC5)cc(C(F)(F)F)n4n3)ccc2c1Cl. The zero-order valence-electron chi connectivity index (χ0n) is 16.9. The van der Waals surface area contributed by atoms with Crippen LogP contribution in [0.25, 0.3) is 15.7 Å². The predicted octanol–water partition coefficient (Wildman–Crippen LogP) is 5.53. The summed E-state index contributed by atoms with van der Waals surface area (Å²) < 4.78 is 46.7. The second kappa shape index (κ2) is 7.70. The second-order valence-corrected chi connectivity index (χ2v) is 8.97. The molecule has 0 unspecified atom stereocenters. The van der Waals surface area contributed by atoms with Crippen LogP contribution in [0.1, 0.15) is 50.3 Å². The van der Waals surface area contributed by atoms with Gasteiger partial charge in [-0.05, 0) is 37.1 Å². The Morgan fingerprint density at radius 2 is 2.00 bits per heavy atom. The topological polar surface area (TPSA) is 85.6 Å². The Bertz CT molecular complexity index is 1440. The van der Waals surface area contributed by atoms with E-state index in [-0.39, 0.29) is 27.2 Å². The van der Waals surface area contributed by atoms with Gasteiger partial charge in [-0.1, -0.05) is 11.6 Å². The molecule has 12 heteroatoms. The molecule has 1 aliphatic rings. The van der Waals surface area contributed by atoms with Crippen molar-refractivity contribution in [2.45, 2.75) is 24.9 Å². The van der Waals surface area contributed by atoms with Gasteiger partial charge in [0.05, 0.1) is 12.1 Å². The van der Waals surface area contributed by atoms with Crippen LogP contribution in [0.3, 0.4) is 0 Å².